The molecule has 1 saturated heterocycles. The smallest absolute Gasteiger partial charge is 0.312 e. The van der Waals surface area contributed by atoms with E-state index in [-0.39, 0.29) is 24.3 Å². The first-order chi connectivity index (χ1) is 12.8. The summed E-state index contributed by atoms with van der Waals surface area (Å²) in [6, 6.07) is 6.00. The van der Waals surface area contributed by atoms with E-state index < -0.39 is 18.0 Å². The van der Waals surface area contributed by atoms with Gasteiger partial charge in [-0.15, -0.1) is 0 Å². The van der Waals surface area contributed by atoms with Crippen LogP contribution in [0.4, 0.5) is 5.69 Å². The zero-order valence-corrected chi connectivity index (χ0v) is 16.3. The predicted octanol–water partition coefficient (Wildman–Crippen LogP) is 2.96. The Balaban J connectivity index is 1.54. The number of esters is 1. The molecule has 1 aromatic carbocycles. The van der Waals surface area contributed by atoms with Crippen molar-refractivity contribution in [3.8, 4) is 0 Å². The second kappa shape index (κ2) is 8.11. The van der Waals surface area contributed by atoms with Gasteiger partial charge in [-0.3, -0.25) is 14.4 Å². The van der Waals surface area contributed by atoms with Gasteiger partial charge in [-0.05, 0) is 45.2 Å². The fourth-order valence-corrected chi connectivity index (χ4v) is 3.97. The van der Waals surface area contributed by atoms with Crippen LogP contribution in [-0.2, 0) is 19.1 Å². The molecule has 0 unspecified atom stereocenters. The van der Waals surface area contributed by atoms with Gasteiger partial charge in [-0.1, -0.05) is 30.5 Å². The summed E-state index contributed by atoms with van der Waals surface area (Å²) in [7, 11) is 0. The highest BCUT2D eigenvalue weighted by molar-refractivity contribution is 5.96. The van der Waals surface area contributed by atoms with Crippen LogP contribution in [0.25, 0.3) is 0 Å². The van der Waals surface area contributed by atoms with Crippen molar-refractivity contribution in [3.05, 3.63) is 29.3 Å². The summed E-state index contributed by atoms with van der Waals surface area (Å²) >= 11 is 0. The van der Waals surface area contributed by atoms with Gasteiger partial charge in [0.15, 0.2) is 6.10 Å². The number of carbonyl (C=O) groups excluding carboxylic acids is 3. The van der Waals surface area contributed by atoms with Crippen molar-refractivity contribution in [3.63, 3.8) is 0 Å². The van der Waals surface area contributed by atoms with Crippen LogP contribution in [0, 0.1) is 19.8 Å². The van der Waals surface area contributed by atoms with Crippen LogP contribution in [0.2, 0.25) is 0 Å². The lowest BCUT2D eigenvalue weighted by Crippen LogP contribution is -2.36. The minimum atomic E-state index is -0.908. The van der Waals surface area contributed by atoms with E-state index in [2.05, 4.69) is 5.32 Å². The lowest BCUT2D eigenvalue weighted by atomic mass is 10.1. The maximum absolute atomic E-state index is 12.4. The van der Waals surface area contributed by atoms with Gasteiger partial charge >= 0.3 is 5.97 Å². The van der Waals surface area contributed by atoms with E-state index in [0.29, 0.717) is 12.2 Å². The van der Waals surface area contributed by atoms with Crippen molar-refractivity contribution in [1.82, 2.24) is 4.90 Å². The molecule has 6 nitrogen and oxygen atoms in total. The van der Waals surface area contributed by atoms with Crippen molar-refractivity contribution < 1.29 is 19.1 Å². The number of ether oxygens (including phenoxy) is 1. The van der Waals surface area contributed by atoms with Crippen LogP contribution in [-0.4, -0.2) is 41.4 Å². The molecule has 1 aliphatic carbocycles. The minimum Gasteiger partial charge on any atom is -0.452 e. The van der Waals surface area contributed by atoms with Crippen LogP contribution < -0.4 is 5.32 Å². The molecular weight excluding hydrogens is 344 g/mol. The first kappa shape index (κ1) is 19.4. The van der Waals surface area contributed by atoms with Crippen LogP contribution >= 0.6 is 0 Å². The lowest BCUT2D eigenvalue weighted by Gasteiger charge is -2.24. The molecule has 1 aliphatic heterocycles. The molecular formula is C21H28N2O4. The molecule has 0 aromatic heterocycles. The fraction of sp³-hybridized carbons (Fsp3) is 0.571. The Morgan fingerprint density at radius 3 is 2.59 bits per heavy atom. The third kappa shape index (κ3) is 4.49. The van der Waals surface area contributed by atoms with Crippen LogP contribution in [0.1, 0.15) is 50.2 Å². The number of likely N-dealkylation sites (tertiary alicyclic amines) is 1. The Hall–Kier alpha value is -2.37. The quantitative estimate of drug-likeness (QED) is 0.807. The molecule has 1 heterocycles. The molecule has 2 aliphatic rings. The fourth-order valence-electron chi connectivity index (χ4n) is 3.97. The number of carbonyl (C=O) groups is 3. The van der Waals surface area contributed by atoms with Crippen LogP contribution in [0.3, 0.4) is 0 Å². The number of hydrogen-bond donors (Lipinski definition) is 1. The molecule has 0 spiro atoms. The lowest BCUT2D eigenvalue weighted by molar-refractivity contribution is -0.157. The van der Waals surface area contributed by atoms with E-state index in [0.717, 1.165) is 36.8 Å². The highest BCUT2D eigenvalue weighted by atomic mass is 16.5. The predicted molar refractivity (Wildman–Crippen MR) is 102 cm³/mol. The SMILES string of the molecule is Cc1ccc(NC(=O)[C@H](C)OC(=O)[C@@H]2CC(=O)N(C3CCCC3)C2)c(C)c1. The molecule has 1 N–H and O–H groups in total. The summed E-state index contributed by atoms with van der Waals surface area (Å²) in [5.74, 6) is -1.29. The van der Waals surface area contributed by atoms with E-state index in [4.69, 9.17) is 4.74 Å². The van der Waals surface area contributed by atoms with Gasteiger partial charge in [-0.2, -0.15) is 0 Å². The van der Waals surface area contributed by atoms with Gasteiger partial charge in [0.05, 0.1) is 5.92 Å². The van der Waals surface area contributed by atoms with Crippen molar-refractivity contribution in [2.45, 2.75) is 65.0 Å². The standard InChI is InChI=1S/C21H28N2O4/c1-13-8-9-18(14(2)10-13)22-20(25)15(3)27-21(26)16-11-19(24)23(12-16)17-6-4-5-7-17/h8-10,15-17H,4-7,11-12H2,1-3H3,(H,22,25)/t15-,16+/m0/s1. The zero-order chi connectivity index (χ0) is 19.6. The number of hydrogen-bond acceptors (Lipinski definition) is 4. The van der Waals surface area contributed by atoms with Crippen molar-refractivity contribution in [2.75, 3.05) is 11.9 Å². The second-order valence-electron chi connectivity index (χ2n) is 7.77. The Bertz CT molecular complexity index is 740. The molecule has 3 rings (SSSR count). The summed E-state index contributed by atoms with van der Waals surface area (Å²) in [6.45, 7) is 5.87. The van der Waals surface area contributed by atoms with Crippen molar-refractivity contribution in [2.24, 2.45) is 5.92 Å². The normalized spacial score (nSPS) is 21.4. The monoisotopic (exact) mass is 372 g/mol. The van der Waals surface area contributed by atoms with E-state index >= 15 is 0 Å². The second-order valence-corrected chi connectivity index (χ2v) is 7.77. The number of anilines is 1. The Kier molecular flexibility index (Phi) is 5.82. The molecule has 2 atom stereocenters. The third-order valence-corrected chi connectivity index (χ3v) is 5.56. The van der Waals surface area contributed by atoms with Crippen molar-refractivity contribution in [1.29, 1.82) is 0 Å². The van der Waals surface area contributed by atoms with Gasteiger partial charge < -0.3 is 15.0 Å². The maximum atomic E-state index is 12.4. The molecule has 0 radical (unpaired) electrons. The van der Waals surface area contributed by atoms with Gasteiger partial charge in [-0.25, -0.2) is 0 Å². The van der Waals surface area contributed by atoms with Gasteiger partial charge in [0.25, 0.3) is 5.91 Å². The number of nitrogens with one attached hydrogen (secondary N) is 1. The van der Waals surface area contributed by atoms with E-state index in [1.54, 1.807) is 6.92 Å². The Labute approximate surface area is 160 Å². The number of nitrogens with zero attached hydrogens (tertiary/aromatic N) is 1. The molecule has 6 heteroatoms. The van der Waals surface area contributed by atoms with E-state index in [1.807, 2.05) is 36.9 Å². The molecule has 0 bridgehead atoms. The molecule has 146 valence electrons. The van der Waals surface area contributed by atoms with Crippen LogP contribution in [0.15, 0.2) is 18.2 Å². The van der Waals surface area contributed by atoms with E-state index in [1.165, 1.54) is 0 Å². The summed E-state index contributed by atoms with van der Waals surface area (Å²) < 4.78 is 5.36. The summed E-state index contributed by atoms with van der Waals surface area (Å²) in [4.78, 5) is 38.9. The first-order valence-corrected chi connectivity index (χ1v) is 9.73. The topological polar surface area (TPSA) is 75.7 Å². The minimum absolute atomic E-state index is 0.0243. The van der Waals surface area contributed by atoms with Gasteiger partial charge in [0, 0.05) is 24.7 Å². The summed E-state index contributed by atoms with van der Waals surface area (Å²) in [5, 5.41) is 2.80. The van der Waals surface area contributed by atoms with Gasteiger partial charge in [0.2, 0.25) is 5.91 Å². The average Bonchev–Trinajstić information content (AvgIpc) is 3.26. The largest absolute Gasteiger partial charge is 0.452 e. The molecule has 2 amide bonds. The molecule has 27 heavy (non-hydrogen) atoms. The maximum Gasteiger partial charge on any atom is 0.312 e. The summed E-state index contributed by atoms with van der Waals surface area (Å²) in [6.07, 6.45) is 3.58. The Morgan fingerprint density at radius 2 is 1.93 bits per heavy atom. The number of rotatable bonds is 5. The summed E-state index contributed by atoms with van der Waals surface area (Å²) in [5.41, 5.74) is 2.77. The molecule has 2 fully saturated rings. The number of amides is 2. The average molecular weight is 372 g/mol. The van der Waals surface area contributed by atoms with Gasteiger partial charge in [0.1, 0.15) is 0 Å². The highest BCUT2D eigenvalue weighted by Gasteiger charge is 2.40. The molecule has 1 saturated carbocycles. The Morgan fingerprint density at radius 1 is 1.22 bits per heavy atom. The highest BCUT2D eigenvalue weighted by Crippen LogP contribution is 2.30. The third-order valence-electron chi connectivity index (χ3n) is 5.56. The first-order valence-electron chi connectivity index (χ1n) is 9.73. The number of aryl methyl sites for hydroxylation is 2. The van der Waals surface area contributed by atoms with Crippen molar-refractivity contribution >= 4 is 23.5 Å². The van der Waals surface area contributed by atoms with E-state index in [9.17, 15) is 14.4 Å². The molecule has 1 aromatic rings. The van der Waals surface area contributed by atoms with Crippen LogP contribution in [0.5, 0.6) is 0 Å². The number of benzene rings is 1. The zero-order valence-electron chi connectivity index (χ0n) is 16.3.